The van der Waals surface area contributed by atoms with Crippen LogP contribution in [-0.4, -0.2) is 62.3 Å². The van der Waals surface area contributed by atoms with E-state index in [-0.39, 0.29) is 17.7 Å². The van der Waals surface area contributed by atoms with Gasteiger partial charge in [0.25, 0.3) is 5.91 Å². The Balaban J connectivity index is 1.81. The third kappa shape index (κ3) is 5.29. The van der Waals surface area contributed by atoms with Crippen molar-refractivity contribution in [3.8, 4) is 0 Å². The molecule has 1 aliphatic carbocycles. The molecular formula is C25H38N2O4. The monoisotopic (exact) mass is 430 g/mol. The van der Waals surface area contributed by atoms with Gasteiger partial charge >= 0.3 is 0 Å². The average molecular weight is 431 g/mol. The summed E-state index contributed by atoms with van der Waals surface area (Å²) in [6.07, 6.45) is 7.92. The van der Waals surface area contributed by atoms with E-state index in [4.69, 9.17) is 9.47 Å². The van der Waals surface area contributed by atoms with E-state index in [1.807, 2.05) is 29.2 Å². The number of carbonyl (C=O) groups is 2. The number of methoxy groups -OCH3 is 1. The van der Waals surface area contributed by atoms with Crippen LogP contribution in [0.5, 0.6) is 0 Å². The molecular weight excluding hydrogens is 392 g/mol. The Kier molecular flexibility index (Phi) is 8.90. The lowest BCUT2D eigenvalue weighted by molar-refractivity contribution is -0.127. The van der Waals surface area contributed by atoms with Gasteiger partial charge in [0.05, 0.1) is 18.1 Å². The Morgan fingerprint density at radius 3 is 2.61 bits per heavy atom. The van der Waals surface area contributed by atoms with Gasteiger partial charge in [-0.3, -0.25) is 9.59 Å². The van der Waals surface area contributed by atoms with E-state index in [0.717, 1.165) is 63.5 Å². The Labute approximate surface area is 186 Å². The zero-order valence-electron chi connectivity index (χ0n) is 19.2. The molecule has 0 saturated heterocycles. The molecule has 0 bridgehead atoms. The normalized spacial score (nSPS) is 20.0. The topological polar surface area (TPSA) is 67.9 Å². The molecule has 1 N–H and O–H groups in total. The highest BCUT2D eigenvalue weighted by atomic mass is 16.5. The van der Waals surface area contributed by atoms with E-state index in [9.17, 15) is 9.59 Å². The highest BCUT2D eigenvalue weighted by Gasteiger charge is 2.54. The summed E-state index contributed by atoms with van der Waals surface area (Å²) < 4.78 is 10.9. The molecule has 1 saturated carbocycles. The molecule has 6 heteroatoms. The fraction of sp³-hybridized carbons (Fsp3) is 0.680. The fourth-order valence-electron chi connectivity index (χ4n) is 5.19. The second-order valence-electron chi connectivity index (χ2n) is 8.74. The fourth-order valence-corrected chi connectivity index (χ4v) is 5.19. The molecule has 0 radical (unpaired) electrons. The number of amides is 2. The maximum atomic E-state index is 13.6. The van der Waals surface area contributed by atoms with Crippen LogP contribution in [0.4, 0.5) is 0 Å². The van der Waals surface area contributed by atoms with Crippen LogP contribution in [-0.2, 0) is 14.3 Å². The Bertz CT molecular complexity index is 730. The predicted octanol–water partition coefficient (Wildman–Crippen LogP) is 3.90. The van der Waals surface area contributed by atoms with Crippen molar-refractivity contribution in [2.75, 3.05) is 40.0 Å². The maximum absolute atomic E-state index is 13.6. The number of benzene rings is 1. The highest BCUT2D eigenvalue weighted by Crippen LogP contribution is 2.49. The lowest BCUT2D eigenvalue weighted by Crippen LogP contribution is -2.63. The summed E-state index contributed by atoms with van der Waals surface area (Å²) >= 11 is 0. The van der Waals surface area contributed by atoms with Crippen molar-refractivity contribution in [2.24, 2.45) is 0 Å². The van der Waals surface area contributed by atoms with Crippen molar-refractivity contribution < 1.29 is 19.1 Å². The quantitative estimate of drug-likeness (QED) is 0.541. The molecule has 1 aliphatic heterocycles. The number of ether oxygens (including phenoxy) is 2. The minimum Gasteiger partial charge on any atom is -0.383 e. The van der Waals surface area contributed by atoms with Crippen molar-refractivity contribution in [1.82, 2.24) is 10.2 Å². The number of nitrogens with zero attached hydrogens (tertiary/aromatic N) is 1. The smallest absolute Gasteiger partial charge is 0.254 e. The standard InChI is InChI=1S/C25H38N2O4/c1-3-4-17-31-18-10-15-26-23(28)22-20-11-6-7-12-21(20)24(29)27(16-19-30-2)25(22)13-8-5-9-14-25/h6-7,11-12,22H,3-5,8-10,13-19H2,1-2H3,(H,26,28). The van der Waals surface area contributed by atoms with Crippen LogP contribution >= 0.6 is 0 Å². The minimum atomic E-state index is -0.468. The van der Waals surface area contributed by atoms with Crippen molar-refractivity contribution >= 4 is 11.8 Å². The molecule has 31 heavy (non-hydrogen) atoms. The van der Waals surface area contributed by atoms with Crippen molar-refractivity contribution in [3.05, 3.63) is 35.4 Å². The largest absolute Gasteiger partial charge is 0.383 e. The lowest BCUT2D eigenvalue weighted by atomic mass is 9.65. The van der Waals surface area contributed by atoms with Crippen LogP contribution in [0.25, 0.3) is 0 Å². The molecule has 1 fully saturated rings. The molecule has 3 rings (SSSR count). The van der Waals surface area contributed by atoms with Crippen LogP contribution < -0.4 is 5.32 Å². The van der Waals surface area contributed by atoms with Crippen LogP contribution in [0.2, 0.25) is 0 Å². The van der Waals surface area contributed by atoms with Gasteiger partial charge in [0.2, 0.25) is 5.91 Å². The van der Waals surface area contributed by atoms with Gasteiger partial charge in [-0.05, 0) is 37.3 Å². The Morgan fingerprint density at radius 2 is 1.87 bits per heavy atom. The number of unbranched alkanes of at least 4 members (excludes halogenated alkanes) is 1. The van der Waals surface area contributed by atoms with Gasteiger partial charge in [-0.1, -0.05) is 50.8 Å². The number of carbonyl (C=O) groups excluding carboxylic acids is 2. The number of hydrogen-bond acceptors (Lipinski definition) is 4. The molecule has 172 valence electrons. The lowest BCUT2D eigenvalue weighted by Gasteiger charge is -2.53. The predicted molar refractivity (Wildman–Crippen MR) is 121 cm³/mol. The molecule has 1 spiro atoms. The van der Waals surface area contributed by atoms with Gasteiger partial charge in [0.1, 0.15) is 0 Å². The van der Waals surface area contributed by atoms with E-state index >= 15 is 0 Å². The van der Waals surface area contributed by atoms with Gasteiger partial charge in [-0.2, -0.15) is 0 Å². The molecule has 1 aromatic carbocycles. The van der Waals surface area contributed by atoms with E-state index in [2.05, 4.69) is 12.2 Å². The second kappa shape index (κ2) is 11.6. The molecule has 0 aromatic heterocycles. The van der Waals surface area contributed by atoms with E-state index in [1.165, 1.54) is 0 Å². The summed E-state index contributed by atoms with van der Waals surface area (Å²) in [6, 6.07) is 7.65. The summed E-state index contributed by atoms with van der Waals surface area (Å²) in [5, 5.41) is 3.16. The highest BCUT2D eigenvalue weighted by molar-refractivity contribution is 6.02. The molecule has 1 heterocycles. The van der Waals surface area contributed by atoms with Crippen LogP contribution in [0.15, 0.2) is 24.3 Å². The van der Waals surface area contributed by atoms with Gasteiger partial charge in [0, 0.05) is 39.0 Å². The van der Waals surface area contributed by atoms with Gasteiger partial charge < -0.3 is 19.7 Å². The third-order valence-corrected chi connectivity index (χ3v) is 6.73. The van der Waals surface area contributed by atoms with Gasteiger partial charge in [-0.15, -0.1) is 0 Å². The van der Waals surface area contributed by atoms with E-state index in [1.54, 1.807) is 7.11 Å². The zero-order valence-corrected chi connectivity index (χ0v) is 19.2. The van der Waals surface area contributed by atoms with Gasteiger partial charge in [-0.25, -0.2) is 0 Å². The number of rotatable bonds is 11. The number of hydrogen-bond donors (Lipinski definition) is 1. The van der Waals surface area contributed by atoms with Crippen LogP contribution in [0, 0.1) is 0 Å². The number of nitrogens with one attached hydrogen (secondary N) is 1. The summed E-state index contributed by atoms with van der Waals surface area (Å²) in [4.78, 5) is 29.0. The zero-order chi connectivity index (χ0) is 22.1. The summed E-state index contributed by atoms with van der Waals surface area (Å²) in [6.45, 7) is 5.15. The Hall–Kier alpha value is -1.92. The molecule has 2 aliphatic rings. The second-order valence-corrected chi connectivity index (χ2v) is 8.74. The van der Waals surface area contributed by atoms with E-state index < -0.39 is 5.54 Å². The SMILES string of the molecule is CCCCOCCCNC(=O)C1c2ccccc2C(=O)N(CCOC)C12CCCCC2. The van der Waals surface area contributed by atoms with Crippen molar-refractivity contribution in [1.29, 1.82) is 0 Å². The molecule has 1 aromatic rings. The third-order valence-electron chi connectivity index (χ3n) is 6.73. The van der Waals surface area contributed by atoms with Crippen LogP contribution in [0.1, 0.15) is 80.1 Å². The number of fused-ring (bicyclic) bond motifs is 1. The van der Waals surface area contributed by atoms with Crippen molar-refractivity contribution in [2.45, 2.75) is 69.7 Å². The molecule has 1 unspecified atom stereocenters. The average Bonchev–Trinajstić information content (AvgIpc) is 2.79. The Morgan fingerprint density at radius 1 is 1.13 bits per heavy atom. The first-order chi connectivity index (χ1) is 15.2. The maximum Gasteiger partial charge on any atom is 0.254 e. The van der Waals surface area contributed by atoms with Gasteiger partial charge in [0.15, 0.2) is 0 Å². The minimum absolute atomic E-state index is 0.0258. The molecule has 6 nitrogen and oxygen atoms in total. The summed E-state index contributed by atoms with van der Waals surface area (Å²) in [7, 11) is 1.66. The molecule has 2 amide bonds. The van der Waals surface area contributed by atoms with E-state index in [0.29, 0.717) is 31.9 Å². The first kappa shape index (κ1) is 23.7. The van der Waals surface area contributed by atoms with Crippen LogP contribution in [0.3, 0.4) is 0 Å². The first-order valence-corrected chi connectivity index (χ1v) is 11.9. The summed E-state index contributed by atoms with van der Waals surface area (Å²) in [5.74, 6) is -0.291. The first-order valence-electron chi connectivity index (χ1n) is 11.9. The molecule has 1 atom stereocenters. The summed E-state index contributed by atoms with van der Waals surface area (Å²) in [5.41, 5.74) is 1.06. The van der Waals surface area contributed by atoms with Crippen molar-refractivity contribution in [3.63, 3.8) is 0 Å².